The van der Waals surface area contributed by atoms with E-state index in [0.717, 1.165) is 22.6 Å². The van der Waals surface area contributed by atoms with E-state index < -0.39 is 11.9 Å². The molecule has 196 valence electrons. The van der Waals surface area contributed by atoms with Crippen molar-refractivity contribution in [2.75, 3.05) is 32.3 Å². The van der Waals surface area contributed by atoms with Crippen molar-refractivity contribution in [1.29, 1.82) is 0 Å². The van der Waals surface area contributed by atoms with Gasteiger partial charge in [0, 0.05) is 35.1 Å². The third-order valence-electron chi connectivity index (χ3n) is 6.82. The monoisotopic (exact) mass is 523 g/mol. The van der Waals surface area contributed by atoms with E-state index >= 15 is 0 Å². The number of dihydropyridines is 1. The van der Waals surface area contributed by atoms with Gasteiger partial charge in [-0.25, -0.2) is 4.79 Å². The molecule has 1 aliphatic heterocycles. The number of Topliss-reactive ketones (excluding diaryl/α,β-unsaturated/α-hetero) is 1. The summed E-state index contributed by atoms with van der Waals surface area (Å²) in [5.74, 6) is 1.97. The molecular weight excluding hydrogens is 490 g/mol. The number of phenolic OH excluding ortho intramolecular Hbond substituents is 1. The standard InChI is InChI=1S/C29H33NO6S/c1-5-37-13-12-36-29(33)26-17(2)30-22-14-20(19-8-11-24(34-3)25(16-19)35-4)15-23(32)28(22)27(26)18-6-9-21(31)10-7-18/h6-11,16,20,27,30-31H,5,12-15H2,1-4H3/t20-,27-/m0/s1. The van der Waals surface area contributed by atoms with Crippen LogP contribution in [0.3, 0.4) is 0 Å². The van der Waals surface area contributed by atoms with E-state index in [1.54, 1.807) is 50.2 Å². The lowest BCUT2D eigenvalue weighted by molar-refractivity contribution is -0.138. The Labute approximate surface area is 221 Å². The van der Waals surface area contributed by atoms with Crippen molar-refractivity contribution in [2.45, 2.75) is 38.5 Å². The maximum absolute atomic E-state index is 13.7. The molecule has 2 aliphatic rings. The third kappa shape index (κ3) is 5.64. The Morgan fingerprint density at radius 2 is 1.76 bits per heavy atom. The van der Waals surface area contributed by atoms with Gasteiger partial charge in [-0.1, -0.05) is 25.1 Å². The van der Waals surface area contributed by atoms with Gasteiger partial charge in [0.1, 0.15) is 12.4 Å². The molecule has 2 aromatic rings. The summed E-state index contributed by atoms with van der Waals surface area (Å²) in [5.41, 5.74) is 4.25. The lowest BCUT2D eigenvalue weighted by Gasteiger charge is -2.36. The molecule has 2 aromatic carbocycles. The van der Waals surface area contributed by atoms with Crippen molar-refractivity contribution >= 4 is 23.5 Å². The van der Waals surface area contributed by atoms with Gasteiger partial charge in [0.25, 0.3) is 0 Å². The zero-order valence-corrected chi connectivity index (χ0v) is 22.4. The van der Waals surface area contributed by atoms with Gasteiger partial charge < -0.3 is 24.6 Å². The van der Waals surface area contributed by atoms with Crippen LogP contribution in [0.15, 0.2) is 65.0 Å². The number of rotatable bonds is 9. The largest absolute Gasteiger partial charge is 0.508 e. The van der Waals surface area contributed by atoms with Crippen molar-refractivity contribution < 1.29 is 28.9 Å². The summed E-state index contributed by atoms with van der Waals surface area (Å²) < 4.78 is 16.5. The molecule has 0 radical (unpaired) electrons. The van der Waals surface area contributed by atoms with E-state index in [9.17, 15) is 14.7 Å². The lowest BCUT2D eigenvalue weighted by atomic mass is 9.71. The van der Waals surface area contributed by atoms with Crippen LogP contribution in [0.1, 0.15) is 49.7 Å². The number of phenols is 1. The number of allylic oxidation sites excluding steroid dienone is 3. The summed E-state index contributed by atoms with van der Waals surface area (Å²) in [4.78, 5) is 27.0. The SMILES string of the molecule is CCSCCOC(=O)C1=C(C)NC2=C(C(=O)C[C@@H](c3ccc(OC)c(OC)c3)C2)[C@H]1c1ccc(O)cc1. The third-order valence-corrected chi connectivity index (χ3v) is 7.68. The molecule has 0 amide bonds. The number of esters is 1. The highest BCUT2D eigenvalue weighted by molar-refractivity contribution is 7.99. The number of aromatic hydroxyl groups is 1. The summed E-state index contributed by atoms with van der Waals surface area (Å²) in [6.45, 7) is 4.21. The molecule has 4 rings (SSSR count). The fourth-order valence-corrected chi connectivity index (χ4v) is 5.56. The topological polar surface area (TPSA) is 94.1 Å². The zero-order valence-electron chi connectivity index (χ0n) is 21.6. The molecule has 7 nitrogen and oxygen atoms in total. The number of carbonyl (C=O) groups excluding carboxylic acids is 2. The maximum Gasteiger partial charge on any atom is 0.336 e. The number of carbonyl (C=O) groups is 2. The Kier molecular flexibility index (Phi) is 8.48. The highest BCUT2D eigenvalue weighted by Crippen LogP contribution is 2.46. The van der Waals surface area contributed by atoms with E-state index in [2.05, 4.69) is 12.2 Å². The molecule has 0 fully saturated rings. The quantitative estimate of drug-likeness (QED) is 0.348. The van der Waals surface area contributed by atoms with Crippen molar-refractivity contribution in [3.8, 4) is 17.2 Å². The van der Waals surface area contributed by atoms with Crippen molar-refractivity contribution in [2.24, 2.45) is 0 Å². The second-order valence-corrected chi connectivity index (χ2v) is 10.4. The van der Waals surface area contributed by atoms with Crippen LogP contribution in [-0.4, -0.2) is 49.2 Å². The highest BCUT2D eigenvalue weighted by atomic mass is 32.2. The first-order chi connectivity index (χ1) is 17.9. The molecule has 0 saturated carbocycles. The van der Waals surface area contributed by atoms with E-state index in [1.165, 1.54) is 0 Å². The van der Waals surface area contributed by atoms with Gasteiger partial charge in [0.2, 0.25) is 0 Å². The number of nitrogens with one attached hydrogen (secondary N) is 1. The summed E-state index contributed by atoms with van der Waals surface area (Å²) in [6.07, 6.45) is 0.914. The maximum atomic E-state index is 13.7. The molecule has 0 spiro atoms. The van der Waals surface area contributed by atoms with Crippen LogP contribution in [0, 0.1) is 0 Å². The van der Waals surface area contributed by atoms with Gasteiger partial charge in [-0.3, -0.25) is 4.79 Å². The molecular formula is C29H33NO6S. The van der Waals surface area contributed by atoms with Crippen LogP contribution in [0.2, 0.25) is 0 Å². The Balaban J connectivity index is 1.70. The molecule has 8 heteroatoms. The highest BCUT2D eigenvalue weighted by Gasteiger charge is 2.41. The number of benzene rings is 2. The lowest BCUT2D eigenvalue weighted by Crippen LogP contribution is -2.36. The van der Waals surface area contributed by atoms with Crippen LogP contribution >= 0.6 is 11.8 Å². The Morgan fingerprint density at radius 3 is 2.43 bits per heavy atom. The number of methoxy groups -OCH3 is 2. The van der Waals surface area contributed by atoms with Gasteiger partial charge in [0.15, 0.2) is 17.3 Å². The van der Waals surface area contributed by atoms with Gasteiger partial charge in [-0.05, 0) is 60.4 Å². The number of hydrogen-bond acceptors (Lipinski definition) is 8. The smallest absolute Gasteiger partial charge is 0.336 e. The first kappa shape index (κ1) is 26.7. The van der Waals surface area contributed by atoms with Crippen molar-refractivity contribution in [3.63, 3.8) is 0 Å². The van der Waals surface area contributed by atoms with Crippen LogP contribution in [0.5, 0.6) is 17.2 Å². The number of ether oxygens (including phenoxy) is 3. The molecule has 2 atom stereocenters. The van der Waals surface area contributed by atoms with Crippen LogP contribution in [-0.2, 0) is 14.3 Å². The molecule has 0 unspecified atom stereocenters. The van der Waals surface area contributed by atoms with E-state index in [1.807, 2.05) is 25.1 Å². The van der Waals surface area contributed by atoms with Gasteiger partial charge in [-0.2, -0.15) is 11.8 Å². The van der Waals surface area contributed by atoms with E-state index in [-0.39, 0.29) is 17.5 Å². The van der Waals surface area contributed by atoms with Gasteiger partial charge >= 0.3 is 5.97 Å². The Hall–Kier alpha value is -3.39. The molecule has 0 aromatic heterocycles. The molecule has 2 N–H and O–H groups in total. The summed E-state index contributed by atoms with van der Waals surface area (Å²) in [7, 11) is 3.18. The minimum Gasteiger partial charge on any atom is -0.508 e. The Morgan fingerprint density at radius 1 is 1.05 bits per heavy atom. The van der Waals surface area contributed by atoms with E-state index in [0.29, 0.717) is 53.5 Å². The average Bonchev–Trinajstić information content (AvgIpc) is 2.90. The molecule has 1 heterocycles. The summed E-state index contributed by atoms with van der Waals surface area (Å²) in [6, 6.07) is 12.4. The number of ketones is 1. The number of thioether (sulfide) groups is 1. The van der Waals surface area contributed by atoms with Gasteiger partial charge in [0.05, 0.1) is 19.8 Å². The second kappa shape index (κ2) is 11.8. The molecule has 37 heavy (non-hydrogen) atoms. The fourth-order valence-electron chi connectivity index (χ4n) is 5.07. The van der Waals surface area contributed by atoms with Crippen LogP contribution < -0.4 is 14.8 Å². The van der Waals surface area contributed by atoms with Gasteiger partial charge in [-0.15, -0.1) is 0 Å². The predicted molar refractivity (Wildman–Crippen MR) is 144 cm³/mol. The normalized spacial score (nSPS) is 19.3. The minimum atomic E-state index is -0.568. The average molecular weight is 524 g/mol. The Bertz CT molecular complexity index is 1230. The first-order valence-corrected chi connectivity index (χ1v) is 13.5. The van der Waals surface area contributed by atoms with Crippen molar-refractivity contribution in [3.05, 3.63) is 76.1 Å². The second-order valence-electron chi connectivity index (χ2n) is 9.06. The summed E-state index contributed by atoms with van der Waals surface area (Å²) in [5, 5.41) is 13.2. The van der Waals surface area contributed by atoms with Crippen molar-refractivity contribution in [1.82, 2.24) is 5.32 Å². The number of hydrogen-bond donors (Lipinski definition) is 2. The van der Waals surface area contributed by atoms with Crippen LogP contribution in [0.25, 0.3) is 0 Å². The predicted octanol–water partition coefficient (Wildman–Crippen LogP) is 5.07. The molecule has 1 aliphatic carbocycles. The zero-order chi connectivity index (χ0) is 26.5. The summed E-state index contributed by atoms with van der Waals surface area (Å²) >= 11 is 1.70. The fraction of sp³-hybridized carbons (Fsp3) is 0.379. The molecule has 0 bridgehead atoms. The first-order valence-electron chi connectivity index (χ1n) is 12.4. The minimum absolute atomic E-state index is 0.0223. The molecule has 0 saturated heterocycles. The van der Waals surface area contributed by atoms with E-state index in [4.69, 9.17) is 14.2 Å². The van der Waals surface area contributed by atoms with Crippen LogP contribution in [0.4, 0.5) is 0 Å².